The topological polar surface area (TPSA) is 138 Å². The molecule has 0 aliphatic rings. The maximum atomic E-state index is 9.79. The van der Waals surface area contributed by atoms with E-state index in [9.17, 15) is 14.4 Å². The van der Waals surface area contributed by atoms with E-state index in [1.54, 1.807) is 0 Å². The second-order valence-electron chi connectivity index (χ2n) is 2.77. The average Bonchev–Trinajstić information content (AvgIpc) is 2.03. The molecule has 15 heavy (non-hydrogen) atoms. The van der Waals surface area contributed by atoms with E-state index in [0.29, 0.717) is 0 Å². The van der Waals surface area contributed by atoms with E-state index in [1.807, 2.05) is 0 Å². The molecule has 0 aliphatic heterocycles. The minimum absolute atomic E-state index is 0.0632. The second kappa shape index (κ2) is 8.95. The first-order chi connectivity index (χ1) is 6.77. The van der Waals surface area contributed by atoms with Crippen LogP contribution in [-0.4, -0.2) is 39.3 Å². The Kier molecular flexibility index (Phi) is 9.44. The highest BCUT2D eigenvalue weighted by Gasteiger charge is 2.00. The zero-order valence-electron chi connectivity index (χ0n) is 8.34. The first kappa shape index (κ1) is 15.8. The van der Waals surface area contributed by atoms with Crippen LogP contribution < -0.4 is 5.73 Å². The van der Waals surface area contributed by atoms with E-state index in [0.717, 1.165) is 0 Å². The molecule has 0 amide bonds. The van der Waals surface area contributed by atoms with Gasteiger partial charge < -0.3 is 21.1 Å². The lowest BCUT2D eigenvalue weighted by atomic mass is 10.2. The number of hydrogen-bond acceptors (Lipinski definition) is 4. The predicted molar refractivity (Wildman–Crippen MR) is 50.4 cm³/mol. The Hall–Kier alpha value is -1.63. The zero-order chi connectivity index (χ0) is 12.4. The van der Waals surface area contributed by atoms with Crippen LogP contribution >= 0.6 is 0 Å². The Labute approximate surface area is 86.5 Å². The highest BCUT2D eigenvalue weighted by molar-refractivity contribution is 5.72. The summed E-state index contributed by atoms with van der Waals surface area (Å²) in [5.74, 6) is -2.86. The Morgan fingerprint density at radius 3 is 1.47 bits per heavy atom. The summed E-state index contributed by atoms with van der Waals surface area (Å²) in [6.45, 7) is 1.42. The van der Waals surface area contributed by atoms with E-state index < -0.39 is 23.9 Å². The van der Waals surface area contributed by atoms with Crippen molar-refractivity contribution in [3.63, 3.8) is 0 Å². The van der Waals surface area contributed by atoms with Crippen LogP contribution in [0.5, 0.6) is 0 Å². The summed E-state index contributed by atoms with van der Waals surface area (Å²) in [5.41, 5.74) is 4.84. The van der Waals surface area contributed by atoms with Crippen molar-refractivity contribution >= 4 is 17.9 Å². The van der Waals surface area contributed by atoms with Crippen molar-refractivity contribution in [2.24, 2.45) is 5.73 Å². The molecule has 0 unspecified atom stereocenters. The molecule has 0 heterocycles. The quantitative estimate of drug-likeness (QED) is 0.501. The molecular weight excluding hydrogens is 206 g/mol. The number of carboxylic acid groups (broad SMARTS) is 3. The fraction of sp³-hybridized carbons (Fsp3) is 0.625. The molecule has 5 N–H and O–H groups in total. The van der Waals surface area contributed by atoms with Gasteiger partial charge in [-0.15, -0.1) is 0 Å². The number of rotatable bonds is 5. The zero-order valence-corrected chi connectivity index (χ0v) is 8.34. The smallest absolute Gasteiger partial charge is 0.320 e. The normalized spacial score (nSPS) is 10.8. The molecule has 0 rings (SSSR count). The lowest BCUT2D eigenvalue weighted by Crippen LogP contribution is -2.25. The summed E-state index contributed by atoms with van der Waals surface area (Å²) < 4.78 is 0. The largest absolute Gasteiger partial charge is 0.481 e. The molecule has 0 aromatic carbocycles. The number of hydrogen-bond donors (Lipinski definition) is 4. The Morgan fingerprint density at radius 1 is 1.07 bits per heavy atom. The van der Waals surface area contributed by atoms with Gasteiger partial charge in [0.1, 0.15) is 6.04 Å². The van der Waals surface area contributed by atoms with E-state index in [4.69, 9.17) is 21.1 Å². The molecular formula is C8H15NO6. The molecule has 1 atom stereocenters. The van der Waals surface area contributed by atoms with Crippen LogP contribution in [-0.2, 0) is 14.4 Å². The second-order valence-corrected chi connectivity index (χ2v) is 2.77. The lowest BCUT2D eigenvalue weighted by molar-refractivity contribution is -0.139. The van der Waals surface area contributed by atoms with Crippen molar-refractivity contribution < 1.29 is 29.7 Å². The maximum absolute atomic E-state index is 9.79. The minimum Gasteiger partial charge on any atom is -0.481 e. The van der Waals surface area contributed by atoms with Crippen LogP contribution in [0.4, 0.5) is 0 Å². The Balaban J connectivity index is 0. The van der Waals surface area contributed by atoms with Crippen LogP contribution in [0, 0.1) is 0 Å². The molecule has 0 aromatic heterocycles. The first-order valence-corrected chi connectivity index (χ1v) is 4.19. The van der Waals surface area contributed by atoms with Crippen molar-refractivity contribution in [2.75, 3.05) is 0 Å². The van der Waals surface area contributed by atoms with Gasteiger partial charge in [0.25, 0.3) is 0 Å². The van der Waals surface area contributed by atoms with Gasteiger partial charge >= 0.3 is 17.9 Å². The van der Waals surface area contributed by atoms with Crippen molar-refractivity contribution in [3.8, 4) is 0 Å². The average molecular weight is 221 g/mol. The van der Waals surface area contributed by atoms with E-state index in [-0.39, 0.29) is 19.3 Å². The standard InChI is InChI=1S/C5H8O4.C3H7NO2/c6-4(7)2-1-3-5(8)9;1-2(4)3(5)6/h1-3H2,(H,6,7)(H,8,9);2H,4H2,1H3,(H,5,6)/t;2-/m.0/s1. The fourth-order valence-corrected chi connectivity index (χ4v) is 0.391. The predicted octanol–water partition coefficient (Wildman–Crippen LogP) is -0.256. The number of nitrogens with two attached hydrogens (primary N) is 1. The summed E-state index contributed by atoms with van der Waals surface area (Å²) in [6.07, 6.45) is 0.0866. The third-order valence-electron chi connectivity index (χ3n) is 1.17. The van der Waals surface area contributed by atoms with Gasteiger partial charge in [0.15, 0.2) is 0 Å². The summed E-state index contributed by atoms with van der Waals surface area (Å²) in [6, 6.07) is -0.731. The van der Waals surface area contributed by atoms with E-state index in [2.05, 4.69) is 0 Å². The van der Waals surface area contributed by atoms with E-state index in [1.165, 1.54) is 6.92 Å². The summed E-state index contributed by atoms with van der Waals surface area (Å²) in [4.78, 5) is 29.1. The van der Waals surface area contributed by atoms with Crippen LogP contribution in [0.1, 0.15) is 26.2 Å². The fourth-order valence-electron chi connectivity index (χ4n) is 0.391. The lowest BCUT2D eigenvalue weighted by Gasteiger charge is -1.90. The van der Waals surface area contributed by atoms with Crippen molar-refractivity contribution in [1.82, 2.24) is 0 Å². The van der Waals surface area contributed by atoms with Crippen molar-refractivity contribution in [2.45, 2.75) is 32.2 Å². The summed E-state index contributed by atoms with van der Waals surface area (Å²) in [5, 5.41) is 23.9. The Morgan fingerprint density at radius 2 is 1.33 bits per heavy atom. The molecule has 0 spiro atoms. The molecule has 0 saturated heterocycles. The third kappa shape index (κ3) is 19.0. The summed E-state index contributed by atoms with van der Waals surface area (Å²) in [7, 11) is 0. The highest BCUT2D eigenvalue weighted by Crippen LogP contribution is 1.93. The van der Waals surface area contributed by atoms with Crippen LogP contribution in [0.15, 0.2) is 0 Å². The van der Waals surface area contributed by atoms with E-state index >= 15 is 0 Å². The van der Waals surface area contributed by atoms with Crippen molar-refractivity contribution in [3.05, 3.63) is 0 Å². The summed E-state index contributed by atoms with van der Waals surface area (Å²) >= 11 is 0. The minimum atomic E-state index is -0.963. The van der Waals surface area contributed by atoms with Crippen LogP contribution in [0.2, 0.25) is 0 Å². The highest BCUT2D eigenvalue weighted by atomic mass is 16.4. The molecule has 0 aliphatic carbocycles. The molecule has 88 valence electrons. The molecule has 0 aromatic rings. The van der Waals surface area contributed by atoms with Crippen LogP contribution in [0.25, 0.3) is 0 Å². The van der Waals surface area contributed by atoms with Gasteiger partial charge in [0, 0.05) is 12.8 Å². The number of carboxylic acids is 3. The van der Waals surface area contributed by atoms with Gasteiger partial charge in [-0.05, 0) is 13.3 Å². The van der Waals surface area contributed by atoms with Gasteiger partial charge in [-0.3, -0.25) is 14.4 Å². The molecule has 0 fully saturated rings. The molecule has 0 radical (unpaired) electrons. The third-order valence-corrected chi connectivity index (χ3v) is 1.17. The number of aliphatic carboxylic acids is 3. The van der Waals surface area contributed by atoms with Gasteiger partial charge in [0.2, 0.25) is 0 Å². The SMILES string of the molecule is C[C@H](N)C(=O)O.O=C(O)CCCC(=O)O. The van der Waals surface area contributed by atoms with Crippen molar-refractivity contribution in [1.29, 1.82) is 0 Å². The molecule has 0 saturated carbocycles. The molecule has 7 nitrogen and oxygen atoms in total. The monoisotopic (exact) mass is 221 g/mol. The first-order valence-electron chi connectivity index (χ1n) is 4.19. The van der Waals surface area contributed by atoms with Gasteiger partial charge in [0.05, 0.1) is 0 Å². The van der Waals surface area contributed by atoms with Gasteiger partial charge in [-0.25, -0.2) is 0 Å². The molecule has 0 bridgehead atoms. The van der Waals surface area contributed by atoms with Gasteiger partial charge in [-0.2, -0.15) is 0 Å². The number of carbonyl (C=O) groups is 3. The van der Waals surface area contributed by atoms with Gasteiger partial charge in [-0.1, -0.05) is 0 Å². The maximum Gasteiger partial charge on any atom is 0.320 e. The Bertz CT molecular complexity index is 211. The molecule has 7 heteroatoms. The van der Waals surface area contributed by atoms with Crippen LogP contribution in [0.3, 0.4) is 0 Å².